The summed E-state index contributed by atoms with van der Waals surface area (Å²) in [6.07, 6.45) is 0.968. The Labute approximate surface area is 131 Å². The third-order valence-corrected chi connectivity index (χ3v) is 4.01. The highest BCUT2D eigenvalue weighted by Crippen LogP contribution is 2.27. The predicted molar refractivity (Wildman–Crippen MR) is 82.0 cm³/mol. The van der Waals surface area contributed by atoms with Crippen LogP contribution in [0.25, 0.3) is 0 Å². The average molecular weight is 332 g/mol. The highest BCUT2D eigenvalue weighted by atomic mass is 35.5. The molecule has 2 aromatic rings. The first-order valence-corrected chi connectivity index (χ1v) is 7.85. The molecule has 2 nitrogen and oxygen atoms in total. The minimum atomic E-state index is -0.689. The van der Waals surface area contributed by atoms with E-state index < -0.39 is 11.6 Å². The van der Waals surface area contributed by atoms with Gasteiger partial charge in [-0.3, -0.25) is 0 Å². The maximum absolute atomic E-state index is 13.9. The van der Waals surface area contributed by atoms with Gasteiger partial charge in [0.25, 0.3) is 0 Å². The standard InChI is InChI=1S/C15H16ClF2NOS/c1-2-5-19-8-10-6-12(17)15(13(18)7-10)20-9-11-3-4-14(16)21-11/h3-4,6-7,19H,2,5,8-9H2,1H3. The van der Waals surface area contributed by atoms with E-state index in [1.807, 2.05) is 6.92 Å². The van der Waals surface area contributed by atoms with Gasteiger partial charge < -0.3 is 10.1 Å². The van der Waals surface area contributed by atoms with E-state index in [1.165, 1.54) is 23.5 Å². The minimum Gasteiger partial charge on any atom is -0.482 e. The summed E-state index contributed by atoms with van der Waals surface area (Å²) in [6, 6.07) is 6.08. The summed E-state index contributed by atoms with van der Waals surface area (Å²) >= 11 is 7.11. The second-order valence-corrected chi connectivity index (χ2v) is 6.36. The summed E-state index contributed by atoms with van der Waals surface area (Å²) in [5, 5.41) is 3.10. The Balaban J connectivity index is 2.02. The van der Waals surface area contributed by atoms with Crippen molar-refractivity contribution in [3.8, 4) is 5.75 Å². The van der Waals surface area contributed by atoms with Crippen molar-refractivity contribution < 1.29 is 13.5 Å². The van der Waals surface area contributed by atoms with Crippen molar-refractivity contribution in [1.29, 1.82) is 0 Å². The van der Waals surface area contributed by atoms with E-state index >= 15 is 0 Å². The van der Waals surface area contributed by atoms with Gasteiger partial charge in [-0.15, -0.1) is 11.3 Å². The lowest BCUT2D eigenvalue weighted by molar-refractivity contribution is 0.276. The monoisotopic (exact) mass is 331 g/mol. The molecule has 0 saturated heterocycles. The first-order valence-electron chi connectivity index (χ1n) is 6.65. The van der Waals surface area contributed by atoms with Crippen molar-refractivity contribution in [2.24, 2.45) is 0 Å². The van der Waals surface area contributed by atoms with Gasteiger partial charge in [-0.1, -0.05) is 18.5 Å². The zero-order chi connectivity index (χ0) is 15.2. The molecule has 1 N–H and O–H groups in total. The van der Waals surface area contributed by atoms with Gasteiger partial charge >= 0.3 is 0 Å². The van der Waals surface area contributed by atoms with E-state index in [0.717, 1.165) is 17.8 Å². The summed E-state index contributed by atoms with van der Waals surface area (Å²) in [5.41, 5.74) is 0.560. The summed E-state index contributed by atoms with van der Waals surface area (Å²) in [5.74, 6) is -1.73. The maximum Gasteiger partial charge on any atom is 0.191 e. The fourth-order valence-electron chi connectivity index (χ4n) is 1.83. The Morgan fingerprint density at radius 1 is 1.24 bits per heavy atom. The van der Waals surface area contributed by atoms with Crippen molar-refractivity contribution in [2.75, 3.05) is 6.54 Å². The maximum atomic E-state index is 13.9. The molecule has 0 radical (unpaired) electrons. The lowest BCUT2D eigenvalue weighted by Crippen LogP contribution is -2.14. The molecule has 1 aromatic heterocycles. The van der Waals surface area contributed by atoms with Gasteiger partial charge in [-0.05, 0) is 42.8 Å². The first kappa shape index (κ1) is 16.2. The lowest BCUT2D eigenvalue weighted by atomic mass is 10.2. The Bertz CT molecular complexity index is 580. The number of nitrogens with one attached hydrogen (secondary N) is 1. The normalized spacial score (nSPS) is 10.9. The van der Waals surface area contributed by atoms with Crippen LogP contribution in [0.15, 0.2) is 24.3 Å². The molecule has 0 amide bonds. The van der Waals surface area contributed by atoms with Crippen LogP contribution < -0.4 is 10.1 Å². The second kappa shape index (κ2) is 7.73. The molecule has 0 unspecified atom stereocenters. The summed E-state index contributed by atoms with van der Waals surface area (Å²) in [6.45, 7) is 3.36. The van der Waals surface area contributed by atoms with Crippen LogP contribution in [0.3, 0.4) is 0 Å². The van der Waals surface area contributed by atoms with Crippen LogP contribution in [0.4, 0.5) is 8.78 Å². The van der Waals surface area contributed by atoms with Gasteiger partial charge in [-0.25, -0.2) is 8.78 Å². The third-order valence-electron chi connectivity index (χ3n) is 2.80. The van der Waals surface area contributed by atoms with Gasteiger partial charge in [-0.2, -0.15) is 0 Å². The van der Waals surface area contributed by atoms with E-state index in [2.05, 4.69) is 5.32 Å². The van der Waals surface area contributed by atoms with Crippen LogP contribution in [0.5, 0.6) is 5.75 Å². The smallest absolute Gasteiger partial charge is 0.191 e. The first-order chi connectivity index (χ1) is 10.1. The van der Waals surface area contributed by atoms with Crippen LogP contribution in [0.1, 0.15) is 23.8 Å². The van der Waals surface area contributed by atoms with Gasteiger partial charge in [0.2, 0.25) is 0 Å². The Kier molecular flexibility index (Phi) is 5.96. The van der Waals surface area contributed by atoms with Crippen molar-refractivity contribution in [2.45, 2.75) is 26.5 Å². The number of benzene rings is 1. The Morgan fingerprint density at radius 3 is 2.52 bits per heavy atom. The lowest BCUT2D eigenvalue weighted by Gasteiger charge is -2.10. The van der Waals surface area contributed by atoms with E-state index in [0.29, 0.717) is 16.4 Å². The van der Waals surface area contributed by atoms with Gasteiger partial charge in [0, 0.05) is 11.4 Å². The van der Waals surface area contributed by atoms with E-state index in [1.54, 1.807) is 12.1 Å². The molecule has 1 heterocycles. The minimum absolute atomic E-state index is 0.0959. The SMILES string of the molecule is CCCNCc1cc(F)c(OCc2ccc(Cl)s2)c(F)c1. The molecule has 2 rings (SSSR count). The number of ether oxygens (including phenoxy) is 1. The molecule has 6 heteroatoms. The molecule has 0 fully saturated rings. The number of thiophene rings is 1. The number of hydrogen-bond donors (Lipinski definition) is 1. The van der Waals surface area contributed by atoms with Crippen LogP contribution >= 0.6 is 22.9 Å². The number of rotatable bonds is 7. The Hall–Kier alpha value is -1.17. The quantitative estimate of drug-likeness (QED) is 0.739. The fraction of sp³-hybridized carbons (Fsp3) is 0.333. The van der Waals surface area contributed by atoms with Crippen molar-refractivity contribution in [3.05, 3.63) is 50.7 Å². The van der Waals surface area contributed by atoms with E-state index in [4.69, 9.17) is 16.3 Å². The largest absolute Gasteiger partial charge is 0.482 e. The molecule has 1 aromatic carbocycles. The molecule has 21 heavy (non-hydrogen) atoms. The van der Waals surface area contributed by atoms with Crippen molar-refractivity contribution in [3.63, 3.8) is 0 Å². The topological polar surface area (TPSA) is 21.3 Å². The van der Waals surface area contributed by atoms with Gasteiger partial charge in [0.15, 0.2) is 17.4 Å². The van der Waals surface area contributed by atoms with Crippen LogP contribution in [0, 0.1) is 11.6 Å². The zero-order valence-electron chi connectivity index (χ0n) is 11.6. The molecule has 114 valence electrons. The fourth-order valence-corrected chi connectivity index (χ4v) is 2.84. The second-order valence-electron chi connectivity index (χ2n) is 4.56. The highest BCUT2D eigenvalue weighted by Gasteiger charge is 2.13. The molecule has 0 bridgehead atoms. The molecular weight excluding hydrogens is 316 g/mol. The van der Waals surface area contributed by atoms with Crippen LogP contribution in [0.2, 0.25) is 4.34 Å². The third kappa shape index (κ3) is 4.66. The number of hydrogen-bond acceptors (Lipinski definition) is 3. The van der Waals surface area contributed by atoms with Crippen molar-refractivity contribution >= 4 is 22.9 Å². The van der Waals surface area contributed by atoms with Crippen LogP contribution in [-0.2, 0) is 13.2 Å². The average Bonchev–Trinajstić information content (AvgIpc) is 2.84. The summed E-state index contributed by atoms with van der Waals surface area (Å²) in [7, 11) is 0. The van der Waals surface area contributed by atoms with Crippen molar-refractivity contribution in [1.82, 2.24) is 5.32 Å². The molecule has 0 aliphatic heterocycles. The Morgan fingerprint density at radius 2 is 1.95 bits per heavy atom. The zero-order valence-corrected chi connectivity index (χ0v) is 13.2. The van der Waals surface area contributed by atoms with E-state index in [9.17, 15) is 8.78 Å². The molecule has 0 atom stereocenters. The number of halogens is 3. The molecule has 0 aliphatic carbocycles. The molecule has 0 saturated carbocycles. The summed E-state index contributed by atoms with van der Waals surface area (Å²) in [4.78, 5) is 0.812. The van der Waals surface area contributed by atoms with Gasteiger partial charge in [0.05, 0.1) is 4.34 Å². The molecule has 0 aliphatic rings. The molecule has 0 spiro atoms. The predicted octanol–water partition coefficient (Wildman–Crippen LogP) is 4.76. The molecular formula is C15H16ClF2NOS. The van der Waals surface area contributed by atoms with E-state index in [-0.39, 0.29) is 12.4 Å². The highest BCUT2D eigenvalue weighted by molar-refractivity contribution is 7.16. The van der Waals surface area contributed by atoms with Gasteiger partial charge in [0.1, 0.15) is 6.61 Å². The van der Waals surface area contributed by atoms with Crippen LogP contribution in [-0.4, -0.2) is 6.54 Å². The summed E-state index contributed by atoms with van der Waals surface area (Å²) < 4.78 is 33.7.